The van der Waals surface area contributed by atoms with Crippen LogP contribution in [0.3, 0.4) is 0 Å². The molecule has 1 aliphatic rings. The summed E-state index contributed by atoms with van der Waals surface area (Å²) in [6.45, 7) is 0.361. The van der Waals surface area contributed by atoms with Crippen LogP contribution in [0.2, 0.25) is 0 Å². The number of halogens is 1. The summed E-state index contributed by atoms with van der Waals surface area (Å²) < 4.78 is 26.3. The number of hydrogen-bond acceptors (Lipinski definition) is 3. The number of hydrogen-bond donors (Lipinski definition) is 1. The number of aromatic nitrogens is 2. The van der Waals surface area contributed by atoms with Gasteiger partial charge in [-0.25, -0.2) is 8.42 Å². The molecule has 7 heteroatoms. The number of nitrogens with zero attached hydrogens (tertiary/aromatic N) is 2. The molecule has 5 nitrogen and oxygen atoms in total. The molecule has 1 fully saturated rings. The van der Waals surface area contributed by atoms with Gasteiger partial charge in [0.2, 0.25) is 10.0 Å². The Labute approximate surface area is 106 Å². The zero-order chi connectivity index (χ0) is 12.3. The zero-order valence-electron chi connectivity index (χ0n) is 9.47. The molecule has 0 saturated heterocycles. The summed E-state index contributed by atoms with van der Waals surface area (Å²) in [5.41, 5.74) is 0. The van der Waals surface area contributed by atoms with E-state index in [1.807, 2.05) is 0 Å². The van der Waals surface area contributed by atoms with Crippen molar-refractivity contribution in [3.8, 4) is 0 Å². The highest BCUT2D eigenvalue weighted by Gasteiger charge is 2.33. The second-order valence-corrected chi connectivity index (χ2v) is 6.45. The lowest BCUT2D eigenvalue weighted by molar-refractivity contribution is 0.337. The largest absolute Gasteiger partial charge is 0.284 e. The molecule has 1 aromatic heterocycles. The molecule has 2 rings (SSSR count). The van der Waals surface area contributed by atoms with E-state index in [0.29, 0.717) is 12.4 Å². The van der Waals surface area contributed by atoms with Gasteiger partial charge in [-0.15, -0.1) is 11.6 Å². The average Bonchev–Trinajstić information content (AvgIpc) is 2.97. The Morgan fingerprint density at radius 3 is 2.71 bits per heavy atom. The monoisotopic (exact) mass is 277 g/mol. The molecule has 0 aromatic carbocycles. The number of alkyl halides is 1. The fraction of sp³-hybridized carbons (Fsp3) is 0.700. The highest BCUT2D eigenvalue weighted by molar-refractivity contribution is 7.89. The number of aromatic amines is 1. The summed E-state index contributed by atoms with van der Waals surface area (Å²) in [6.07, 6.45) is 6.77. The van der Waals surface area contributed by atoms with Gasteiger partial charge in [0.05, 0.1) is 6.20 Å². The molecule has 1 aliphatic carbocycles. The van der Waals surface area contributed by atoms with Crippen molar-refractivity contribution < 1.29 is 8.42 Å². The number of nitrogens with one attached hydrogen (secondary N) is 1. The molecule has 0 spiro atoms. The molecule has 1 heterocycles. The topological polar surface area (TPSA) is 66.1 Å². The van der Waals surface area contributed by atoms with E-state index in [0.717, 1.165) is 25.7 Å². The minimum Gasteiger partial charge on any atom is -0.284 e. The predicted octanol–water partition coefficient (Wildman–Crippen LogP) is 1.58. The fourth-order valence-electron chi connectivity index (χ4n) is 2.29. The van der Waals surface area contributed by atoms with Crippen molar-refractivity contribution >= 4 is 21.6 Å². The van der Waals surface area contributed by atoms with Gasteiger partial charge >= 0.3 is 0 Å². The molecule has 1 saturated carbocycles. The molecule has 0 aliphatic heterocycles. The Hall–Kier alpha value is -0.590. The van der Waals surface area contributed by atoms with Gasteiger partial charge in [-0.2, -0.15) is 9.40 Å². The Bertz CT molecular complexity index is 440. The van der Waals surface area contributed by atoms with Crippen molar-refractivity contribution in [3.63, 3.8) is 0 Å². The predicted molar refractivity (Wildman–Crippen MR) is 65.5 cm³/mol. The van der Waals surface area contributed by atoms with Crippen LogP contribution in [0.4, 0.5) is 0 Å². The van der Waals surface area contributed by atoms with Crippen LogP contribution < -0.4 is 0 Å². The zero-order valence-corrected chi connectivity index (χ0v) is 11.0. The summed E-state index contributed by atoms with van der Waals surface area (Å²) in [5, 5.41) is 6.23. The summed E-state index contributed by atoms with van der Waals surface area (Å²) in [7, 11) is -3.45. The molecule has 17 heavy (non-hydrogen) atoms. The highest BCUT2D eigenvalue weighted by Crippen LogP contribution is 2.28. The average molecular weight is 278 g/mol. The van der Waals surface area contributed by atoms with Crippen LogP contribution in [0, 0.1) is 0 Å². The molecule has 0 radical (unpaired) electrons. The van der Waals surface area contributed by atoms with E-state index >= 15 is 0 Å². The number of H-pyrrole nitrogens is 1. The number of sulfonamides is 1. The van der Waals surface area contributed by atoms with E-state index in [4.69, 9.17) is 11.6 Å². The lowest BCUT2D eigenvalue weighted by atomic mass is 10.2. The van der Waals surface area contributed by atoms with Crippen LogP contribution in [-0.2, 0) is 10.0 Å². The van der Waals surface area contributed by atoms with Crippen molar-refractivity contribution in [2.75, 3.05) is 12.4 Å². The first kappa shape index (κ1) is 12.9. The smallest absolute Gasteiger partial charge is 0.246 e. The maximum atomic E-state index is 12.4. The molecule has 0 atom stereocenters. The molecule has 1 aromatic rings. The first-order chi connectivity index (χ1) is 8.16. The maximum Gasteiger partial charge on any atom is 0.246 e. The van der Waals surface area contributed by atoms with Gasteiger partial charge in [-0.1, -0.05) is 12.8 Å². The van der Waals surface area contributed by atoms with Crippen LogP contribution in [0.25, 0.3) is 0 Å². The van der Waals surface area contributed by atoms with Gasteiger partial charge in [0.1, 0.15) is 4.90 Å². The van der Waals surface area contributed by atoms with Crippen molar-refractivity contribution in [3.05, 3.63) is 12.4 Å². The van der Waals surface area contributed by atoms with Gasteiger partial charge in [0.25, 0.3) is 0 Å². The minimum absolute atomic E-state index is 0.0913. The maximum absolute atomic E-state index is 12.4. The summed E-state index contributed by atoms with van der Waals surface area (Å²) in [6, 6.07) is 0.0913. The molecule has 1 N–H and O–H groups in total. The standard InChI is InChI=1S/C10H16ClN3O2S/c11-5-6-14(9-3-1-2-4-9)17(15,16)10-7-12-13-8-10/h7-9H,1-6H2,(H,12,13). The Morgan fingerprint density at radius 2 is 2.18 bits per heavy atom. The van der Waals surface area contributed by atoms with Crippen molar-refractivity contribution in [1.82, 2.24) is 14.5 Å². The summed E-state index contributed by atoms with van der Waals surface area (Å²) in [5.74, 6) is 0.313. The van der Waals surface area contributed by atoms with Crippen LogP contribution in [-0.4, -0.2) is 41.4 Å². The van der Waals surface area contributed by atoms with Gasteiger partial charge < -0.3 is 0 Å². The lowest BCUT2D eigenvalue weighted by Gasteiger charge is -2.26. The normalized spacial score (nSPS) is 18.0. The van der Waals surface area contributed by atoms with Crippen molar-refractivity contribution in [1.29, 1.82) is 0 Å². The number of rotatable bonds is 5. The molecular weight excluding hydrogens is 262 g/mol. The quantitative estimate of drug-likeness (QED) is 0.831. The molecule has 0 amide bonds. The third kappa shape index (κ3) is 2.64. The van der Waals surface area contributed by atoms with E-state index in [1.54, 1.807) is 0 Å². The van der Waals surface area contributed by atoms with E-state index in [-0.39, 0.29) is 10.9 Å². The van der Waals surface area contributed by atoms with Crippen LogP contribution in [0.5, 0.6) is 0 Å². The van der Waals surface area contributed by atoms with Gasteiger partial charge in [0, 0.05) is 24.7 Å². The SMILES string of the molecule is O=S(=O)(c1cn[nH]c1)N(CCCl)C1CCCC1. The molecular formula is C10H16ClN3O2S. The van der Waals surface area contributed by atoms with E-state index < -0.39 is 10.0 Å². The molecule has 0 unspecified atom stereocenters. The highest BCUT2D eigenvalue weighted by atomic mass is 35.5. The van der Waals surface area contributed by atoms with Crippen molar-refractivity contribution in [2.45, 2.75) is 36.6 Å². The third-order valence-electron chi connectivity index (χ3n) is 3.12. The second-order valence-electron chi connectivity index (χ2n) is 4.18. The minimum atomic E-state index is -3.45. The van der Waals surface area contributed by atoms with Crippen LogP contribution >= 0.6 is 11.6 Å². The molecule has 0 bridgehead atoms. The third-order valence-corrected chi connectivity index (χ3v) is 5.20. The Balaban J connectivity index is 2.26. The van der Waals surface area contributed by atoms with Gasteiger partial charge in [-0.3, -0.25) is 5.10 Å². The lowest BCUT2D eigenvalue weighted by Crippen LogP contribution is -2.39. The fourth-order valence-corrected chi connectivity index (χ4v) is 4.17. The summed E-state index contributed by atoms with van der Waals surface area (Å²) >= 11 is 5.71. The van der Waals surface area contributed by atoms with Gasteiger partial charge in [-0.05, 0) is 12.8 Å². The van der Waals surface area contributed by atoms with Crippen LogP contribution in [0.1, 0.15) is 25.7 Å². The van der Waals surface area contributed by atoms with Crippen LogP contribution in [0.15, 0.2) is 17.3 Å². The van der Waals surface area contributed by atoms with Crippen molar-refractivity contribution in [2.24, 2.45) is 0 Å². The van der Waals surface area contributed by atoms with E-state index in [9.17, 15) is 8.42 Å². The Kier molecular flexibility index (Phi) is 4.06. The molecule has 96 valence electrons. The Morgan fingerprint density at radius 1 is 1.47 bits per heavy atom. The second kappa shape index (κ2) is 5.37. The summed E-state index contributed by atoms with van der Waals surface area (Å²) in [4.78, 5) is 0.217. The van der Waals surface area contributed by atoms with E-state index in [1.165, 1.54) is 16.7 Å². The van der Waals surface area contributed by atoms with Gasteiger partial charge in [0.15, 0.2) is 0 Å². The first-order valence-electron chi connectivity index (χ1n) is 5.73. The first-order valence-corrected chi connectivity index (χ1v) is 7.70. The van der Waals surface area contributed by atoms with E-state index in [2.05, 4.69) is 10.2 Å².